The van der Waals surface area contributed by atoms with Gasteiger partial charge < -0.3 is 20.0 Å². The van der Waals surface area contributed by atoms with Gasteiger partial charge in [-0.15, -0.1) is 0 Å². The quantitative estimate of drug-likeness (QED) is 0.767. The summed E-state index contributed by atoms with van der Waals surface area (Å²) in [4.78, 5) is 26.8. The van der Waals surface area contributed by atoms with Gasteiger partial charge >= 0.3 is 0 Å². The SMILES string of the molecule is COc1ccc(C2CC3C(=O)N(CC(=O)Nc4ccc(C)c(Cl)c4)C=CN3N2)cc1. The molecule has 2 aliphatic heterocycles. The Bertz CT molecular complexity index is 992. The lowest BCUT2D eigenvalue weighted by molar-refractivity contribution is -0.137. The summed E-state index contributed by atoms with van der Waals surface area (Å²) in [6.45, 7) is 1.84. The van der Waals surface area contributed by atoms with E-state index in [1.54, 1.807) is 31.6 Å². The van der Waals surface area contributed by atoms with Gasteiger partial charge in [-0.2, -0.15) is 0 Å². The summed E-state index contributed by atoms with van der Waals surface area (Å²) >= 11 is 6.11. The van der Waals surface area contributed by atoms with Gasteiger partial charge in [-0.3, -0.25) is 9.59 Å². The summed E-state index contributed by atoms with van der Waals surface area (Å²) < 4.78 is 5.20. The molecule has 0 aromatic heterocycles. The molecule has 1 fully saturated rings. The zero-order valence-electron chi connectivity index (χ0n) is 16.8. The smallest absolute Gasteiger partial charge is 0.251 e. The highest BCUT2D eigenvalue weighted by molar-refractivity contribution is 6.31. The van der Waals surface area contributed by atoms with Gasteiger partial charge in [-0.1, -0.05) is 29.8 Å². The molecule has 1 saturated heterocycles. The number of rotatable bonds is 5. The van der Waals surface area contributed by atoms with E-state index < -0.39 is 0 Å². The van der Waals surface area contributed by atoms with Crippen molar-refractivity contribution < 1.29 is 14.3 Å². The number of ether oxygens (including phenoxy) is 1. The Labute approximate surface area is 180 Å². The van der Waals surface area contributed by atoms with Crippen molar-refractivity contribution in [2.75, 3.05) is 19.0 Å². The van der Waals surface area contributed by atoms with Crippen LogP contribution in [0.25, 0.3) is 0 Å². The number of aryl methyl sites for hydroxylation is 1. The van der Waals surface area contributed by atoms with Crippen molar-refractivity contribution in [1.29, 1.82) is 0 Å². The third-order valence-corrected chi connectivity index (χ3v) is 5.77. The van der Waals surface area contributed by atoms with Crippen LogP contribution in [-0.2, 0) is 9.59 Å². The van der Waals surface area contributed by atoms with Crippen LogP contribution >= 0.6 is 11.6 Å². The molecule has 0 radical (unpaired) electrons. The minimum absolute atomic E-state index is 0.0120. The maximum Gasteiger partial charge on any atom is 0.251 e. The van der Waals surface area contributed by atoms with E-state index in [4.69, 9.17) is 16.3 Å². The number of nitrogens with one attached hydrogen (secondary N) is 2. The third-order valence-electron chi connectivity index (χ3n) is 5.36. The van der Waals surface area contributed by atoms with Gasteiger partial charge in [0.05, 0.1) is 13.2 Å². The monoisotopic (exact) mass is 426 g/mol. The summed E-state index contributed by atoms with van der Waals surface area (Å²) in [5.41, 5.74) is 5.96. The number of methoxy groups -OCH3 is 1. The molecule has 2 atom stereocenters. The molecule has 2 aromatic rings. The Hall–Kier alpha value is -3.03. The lowest BCUT2D eigenvalue weighted by atomic mass is 10.0. The maximum atomic E-state index is 12.9. The molecule has 2 amide bonds. The molecule has 30 heavy (non-hydrogen) atoms. The Balaban J connectivity index is 1.38. The number of benzene rings is 2. The van der Waals surface area contributed by atoms with E-state index in [1.807, 2.05) is 42.3 Å². The highest BCUT2D eigenvalue weighted by atomic mass is 35.5. The summed E-state index contributed by atoms with van der Waals surface area (Å²) in [5.74, 6) is 0.398. The summed E-state index contributed by atoms with van der Waals surface area (Å²) in [7, 11) is 1.63. The molecule has 2 heterocycles. The first-order valence-electron chi connectivity index (χ1n) is 9.68. The van der Waals surface area contributed by atoms with Gasteiger partial charge in [0, 0.05) is 23.1 Å². The van der Waals surface area contributed by atoms with Crippen LogP contribution in [0.1, 0.15) is 23.6 Å². The molecule has 2 aromatic carbocycles. The predicted molar refractivity (Wildman–Crippen MR) is 115 cm³/mol. The number of carbonyl (C=O) groups excluding carboxylic acids is 2. The van der Waals surface area contributed by atoms with Crippen molar-refractivity contribution in [3.05, 3.63) is 71.0 Å². The van der Waals surface area contributed by atoms with Crippen LogP contribution in [0, 0.1) is 6.92 Å². The Kier molecular flexibility index (Phi) is 5.65. The molecule has 156 valence electrons. The van der Waals surface area contributed by atoms with Gasteiger partial charge in [0.15, 0.2) is 0 Å². The second-order valence-electron chi connectivity index (χ2n) is 7.39. The van der Waals surface area contributed by atoms with E-state index in [-0.39, 0.29) is 30.4 Å². The van der Waals surface area contributed by atoms with E-state index in [9.17, 15) is 9.59 Å². The number of fused-ring (bicyclic) bond motifs is 1. The van der Waals surface area contributed by atoms with Crippen molar-refractivity contribution in [3.63, 3.8) is 0 Å². The number of hydrogen-bond acceptors (Lipinski definition) is 5. The Morgan fingerprint density at radius 2 is 2.00 bits per heavy atom. The van der Waals surface area contributed by atoms with Crippen molar-refractivity contribution >= 4 is 29.1 Å². The van der Waals surface area contributed by atoms with Gasteiger partial charge in [-0.25, -0.2) is 5.43 Å². The molecule has 0 bridgehead atoms. The van der Waals surface area contributed by atoms with Gasteiger partial charge in [0.25, 0.3) is 5.91 Å². The molecule has 2 aliphatic rings. The van der Waals surface area contributed by atoms with Crippen LogP contribution in [0.15, 0.2) is 54.9 Å². The first kappa shape index (κ1) is 20.3. The number of hydrazine groups is 1. The lowest BCUT2D eigenvalue weighted by Crippen LogP contribution is -2.49. The minimum Gasteiger partial charge on any atom is -0.497 e. The van der Waals surface area contributed by atoms with E-state index in [1.165, 1.54) is 4.90 Å². The second-order valence-corrected chi connectivity index (χ2v) is 7.80. The molecule has 0 spiro atoms. The topological polar surface area (TPSA) is 73.9 Å². The molecule has 2 N–H and O–H groups in total. The zero-order chi connectivity index (χ0) is 21.3. The number of halogens is 1. The number of nitrogens with zero attached hydrogens (tertiary/aromatic N) is 2. The third kappa shape index (κ3) is 4.13. The Morgan fingerprint density at radius 1 is 1.23 bits per heavy atom. The molecular weight excluding hydrogens is 404 g/mol. The van der Waals surface area contributed by atoms with Crippen LogP contribution in [0.2, 0.25) is 5.02 Å². The standard InChI is InChI=1S/C22H23ClN4O3/c1-14-3-6-16(11-18(14)23)24-21(28)13-26-9-10-27-20(22(26)29)12-19(25-27)15-4-7-17(30-2)8-5-15/h3-11,19-20,25H,12-13H2,1-2H3,(H,24,28). The number of carbonyl (C=O) groups is 2. The Morgan fingerprint density at radius 3 is 2.70 bits per heavy atom. The molecule has 0 saturated carbocycles. The molecule has 2 unspecified atom stereocenters. The van der Waals surface area contributed by atoms with Crippen LogP contribution in [-0.4, -0.2) is 41.4 Å². The lowest BCUT2D eigenvalue weighted by Gasteiger charge is -2.31. The van der Waals surface area contributed by atoms with Crippen molar-refractivity contribution in [1.82, 2.24) is 15.3 Å². The van der Waals surface area contributed by atoms with Gasteiger partial charge in [0.2, 0.25) is 5.91 Å². The molecule has 7 nitrogen and oxygen atoms in total. The van der Waals surface area contributed by atoms with E-state index >= 15 is 0 Å². The second kappa shape index (κ2) is 8.38. The van der Waals surface area contributed by atoms with Crippen LogP contribution in [0.3, 0.4) is 0 Å². The summed E-state index contributed by atoms with van der Waals surface area (Å²) in [6, 6.07) is 12.8. The van der Waals surface area contributed by atoms with E-state index in [0.29, 0.717) is 17.1 Å². The largest absolute Gasteiger partial charge is 0.497 e. The van der Waals surface area contributed by atoms with Crippen molar-refractivity contribution in [2.24, 2.45) is 0 Å². The minimum atomic E-state index is -0.358. The molecule has 0 aliphatic carbocycles. The van der Waals surface area contributed by atoms with Crippen molar-refractivity contribution in [3.8, 4) is 5.75 Å². The van der Waals surface area contributed by atoms with Crippen LogP contribution in [0.5, 0.6) is 5.75 Å². The summed E-state index contributed by atoms with van der Waals surface area (Å²) in [6.07, 6.45) is 4.04. The fraction of sp³-hybridized carbons (Fsp3) is 0.273. The average molecular weight is 427 g/mol. The van der Waals surface area contributed by atoms with Gasteiger partial charge in [-0.05, 0) is 48.7 Å². The van der Waals surface area contributed by atoms with Crippen molar-refractivity contribution in [2.45, 2.75) is 25.4 Å². The fourth-order valence-electron chi connectivity index (χ4n) is 3.65. The fourth-order valence-corrected chi connectivity index (χ4v) is 3.83. The zero-order valence-corrected chi connectivity index (χ0v) is 17.5. The molecular formula is C22H23ClN4O3. The van der Waals surface area contributed by atoms with Crippen LogP contribution in [0.4, 0.5) is 5.69 Å². The van der Waals surface area contributed by atoms with E-state index in [2.05, 4.69) is 10.7 Å². The maximum absolute atomic E-state index is 12.9. The number of amides is 2. The predicted octanol–water partition coefficient (Wildman–Crippen LogP) is 3.23. The highest BCUT2D eigenvalue weighted by Crippen LogP contribution is 2.31. The molecule has 8 heteroatoms. The van der Waals surface area contributed by atoms with Crippen LogP contribution < -0.4 is 15.5 Å². The first-order valence-corrected chi connectivity index (χ1v) is 10.1. The van der Waals surface area contributed by atoms with E-state index in [0.717, 1.165) is 16.9 Å². The highest BCUT2D eigenvalue weighted by Gasteiger charge is 2.40. The number of hydrogen-bond donors (Lipinski definition) is 2. The average Bonchev–Trinajstić information content (AvgIpc) is 3.18. The normalized spacial score (nSPS) is 20.3. The summed E-state index contributed by atoms with van der Waals surface area (Å²) in [5, 5.41) is 5.18. The molecule has 4 rings (SSSR count). The first-order chi connectivity index (χ1) is 14.4. The van der Waals surface area contributed by atoms with Gasteiger partial charge in [0.1, 0.15) is 18.3 Å². The number of anilines is 1.